The van der Waals surface area contributed by atoms with Gasteiger partial charge in [-0.1, -0.05) is 59.7 Å². The zero-order valence-corrected chi connectivity index (χ0v) is 18.4. The molecule has 3 heteroatoms. The highest BCUT2D eigenvalue weighted by molar-refractivity contribution is 5.99. The standard InChI is InChI=1S/C15H22O.C9H16O2/c1-5-11(4)15(16)14-10-8-9-12(6-2)13(14)7-3;1-4-9(11)6-5-7(2)8(3)10/h8-11H,5-7H2,1-4H3;7H,4-6H2,1-3H3. The van der Waals surface area contributed by atoms with E-state index in [-0.39, 0.29) is 23.4 Å². The van der Waals surface area contributed by atoms with Crippen LogP contribution >= 0.6 is 0 Å². The fraction of sp³-hybridized carbons (Fsp3) is 0.625. The third-order valence-electron chi connectivity index (χ3n) is 5.28. The second-order valence-corrected chi connectivity index (χ2v) is 7.27. The lowest BCUT2D eigenvalue weighted by atomic mass is 9.89. The third-order valence-corrected chi connectivity index (χ3v) is 5.28. The van der Waals surface area contributed by atoms with Crippen LogP contribution in [0.4, 0.5) is 0 Å². The molecule has 3 nitrogen and oxygen atoms in total. The SMILES string of the molecule is CCC(=O)CCC(C)C(C)=O.CCc1cccc(C(=O)C(C)CC)c1CC. The predicted octanol–water partition coefficient (Wildman–Crippen LogP) is 6.01. The van der Waals surface area contributed by atoms with Crippen LogP contribution in [0.1, 0.15) is 95.6 Å². The Labute approximate surface area is 165 Å². The van der Waals surface area contributed by atoms with E-state index in [0.717, 1.165) is 24.8 Å². The van der Waals surface area contributed by atoms with Gasteiger partial charge < -0.3 is 0 Å². The molecule has 0 aliphatic heterocycles. The molecule has 2 atom stereocenters. The summed E-state index contributed by atoms with van der Waals surface area (Å²) in [6.07, 6.45) is 4.72. The van der Waals surface area contributed by atoms with Crippen molar-refractivity contribution in [2.24, 2.45) is 11.8 Å². The van der Waals surface area contributed by atoms with E-state index in [2.05, 4.69) is 26.8 Å². The first-order valence-corrected chi connectivity index (χ1v) is 10.4. The Kier molecular flexibility index (Phi) is 12.5. The number of hydrogen-bond acceptors (Lipinski definition) is 3. The van der Waals surface area contributed by atoms with Crippen molar-refractivity contribution >= 4 is 17.3 Å². The van der Waals surface area contributed by atoms with Gasteiger partial charge in [-0.25, -0.2) is 0 Å². The average Bonchev–Trinajstić information content (AvgIpc) is 2.69. The van der Waals surface area contributed by atoms with Crippen molar-refractivity contribution in [3.8, 4) is 0 Å². The lowest BCUT2D eigenvalue weighted by Gasteiger charge is -2.14. The Hall–Kier alpha value is -1.77. The van der Waals surface area contributed by atoms with Gasteiger partial charge in [-0.2, -0.15) is 0 Å². The van der Waals surface area contributed by atoms with Crippen LogP contribution in [-0.4, -0.2) is 17.3 Å². The lowest BCUT2D eigenvalue weighted by Crippen LogP contribution is -2.13. The van der Waals surface area contributed by atoms with Crippen LogP contribution in [0.15, 0.2) is 18.2 Å². The molecular formula is C24H38O3. The van der Waals surface area contributed by atoms with Gasteiger partial charge in [-0.05, 0) is 43.7 Å². The van der Waals surface area contributed by atoms with Gasteiger partial charge in [0.1, 0.15) is 11.6 Å². The maximum Gasteiger partial charge on any atom is 0.165 e. The van der Waals surface area contributed by atoms with Gasteiger partial charge in [0.2, 0.25) is 0 Å². The molecule has 0 saturated heterocycles. The van der Waals surface area contributed by atoms with Crippen LogP contribution in [0.3, 0.4) is 0 Å². The fourth-order valence-electron chi connectivity index (χ4n) is 2.82. The average molecular weight is 375 g/mol. The highest BCUT2D eigenvalue weighted by Crippen LogP contribution is 2.20. The van der Waals surface area contributed by atoms with Gasteiger partial charge in [-0.3, -0.25) is 14.4 Å². The summed E-state index contributed by atoms with van der Waals surface area (Å²) in [5.41, 5.74) is 3.50. The number of ketones is 3. The molecule has 0 aliphatic carbocycles. The van der Waals surface area contributed by atoms with E-state index in [1.807, 2.05) is 32.9 Å². The van der Waals surface area contributed by atoms with E-state index < -0.39 is 0 Å². The Balaban J connectivity index is 0.000000541. The summed E-state index contributed by atoms with van der Waals surface area (Å²) in [6.45, 7) is 13.6. The van der Waals surface area contributed by atoms with Crippen LogP contribution in [0.25, 0.3) is 0 Å². The number of benzene rings is 1. The molecule has 0 spiro atoms. The van der Waals surface area contributed by atoms with Crippen LogP contribution in [0, 0.1) is 11.8 Å². The molecule has 0 N–H and O–H groups in total. The van der Waals surface area contributed by atoms with Gasteiger partial charge in [-0.15, -0.1) is 0 Å². The Morgan fingerprint density at radius 1 is 0.926 bits per heavy atom. The summed E-state index contributed by atoms with van der Waals surface area (Å²) in [7, 11) is 0. The summed E-state index contributed by atoms with van der Waals surface area (Å²) >= 11 is 0. The van der Waals surface area contributed by atoms with Crippen LogP contribution in [-0.2, 0) is 22.4 Å². The van der Waals surface area contributed by atoms with Crippen LogP contribution in [0.5, 0.6) is 0 Å². The van der Waals surface area contributed by atoms with Crippen molar-refractivity contribution in [3.05, 3.63) is 34.9 Å². The highest BCUT2D eigenvalue weighted by Gasteiger charge is 2.17. The molecule has 0 radical (unpaired) electrons. The van der Waals surface area contributed by atoms with Crippen molar-refractivity contribution in [2.75, 3.05) is 0 Å². The molecular weight excluding hydrogens is 336 g/mol. The molecule has 2 unspecified atom stereocenters. The minimum atomic E-state index is 0.0468. The largest absolute Gasteiger partial charge is 0.300 e. The van der Waals surface area contributed by atoms with E-state index in [1.165, 1.54) is 11.1 Å². The van der Waals surface area contributed by atoms with Crippen LogP contribution < -0.4 is 0 Å². The lowest BCUT2D eigenvalue weighted by molar-refractivity contribution is -0.121. The van der Waals surface area contributed by atoms with E-state index in [4.69, 9.17) is 0 Å². The number of Topliss-reactive ketones (excluding diaryl/α,β-unsaturated/α-hetero) is 3. The Morgan fingerprint density at radius 3 is 2.00 bits per heavy atom. The van der Waals surface area contributed by atoms with Crippen molar-refractivity contribution in [1.29, 1.82) is 0 Å². The number of carbonyl (C=O) groups is 3. The molecule has 1 aromatic carbocycles. The van der Waals surface area contributed by atoms with Crippen molar-refractivity contribution in [2.45, 2.75) is 87.0 Å². The molecule has 152 valence electrons. The number of carbonyl (C=O) groups excluding carboxylic acids is 3. The highest BCUT2D eigenvalue weighted by atomic mass is 16.1. The minimum Gasteiger partial charge on any atom is -0.300 e. The molecule has 0 heterocycles. The summed E-state index contributed by atoms with van der Waals surface area (Å²) in [6, 6.07) is 6.12. The van der Waals surface area contributed by atoms with E-state index >= 15 is 0 Å². The first-order valence-electron chi connectivity index (χ1n) is 10.4. The van der Waals surface area contributed by atoms with Gasteiger partial charge in [0.15, 0.2) is 5.78 Å². The van der Waals surface area contributed by atoms with Crippen molar-refractivity contribution < 1.29 is 14.4 Å². The van der Waals surface area contributed by atoms with Crippen molar-refractivity contribution in [3.63, 3.8) is 0 Å². The van der Waals surface area contributed by atoms with Gasteiger partial charge >= 0.3 is 0 Å². The van der Waals surface area contributed by atoms with Gasteiger partial charge in [0.05, 0.1) is 0 Å². The number of hydrogen-bond donors (Lipinski definition) is 0. The molecule has 0 fully saturated rings. The Morgan fingerprint density at radius 2 is 1.56 bits per heavy atom. The van der Waals surface area contributed by atoms with Crippen LogP contribution in [0.2, 0.25) is 0 Å². The maximum absolute atomic E-state index is 12.2. The molecule has 0 aliphatic rings. The van der Waals surface area contributed by atoms with Gasteiger partial charge in [0.25, 0.3) is 0 Å². The first kappa shape index (κ1) is 25.2. The normalized spacial score (nSPS) is 12.6. The Bertz CT molecular complexity index is 616. The molecule has 27 heavy (non-hydrogen) atoms. The summed E-state index contributed by atoms with van der Waals surface area (Å²) in [5.74, 6) is 0.907. The maximum atomic E-state index is 12.2. The summed E-state index contributed by atoms with van der Waals surface area (Å²) in [4.78, 5) is 33.8. The molecule has 1 aromatic rings. The number of rotatable bonds is 10. The van der Waals surface area contributed by atoms with Crippen molar-refractivity contribution in [1.82, 2.24) is 0 Å². The fourth-order valence-corrected chi connectivity index (χ4v) is 2.82. The predicted molar refractivity (Wildman–Crippen MR) is 113 cm³/mol. The molecule has 1 rings (SSSR count). The van der Waals surface area contributed by atoms with Gasteiger partial charge in [0, 0.05) is 30.2 Å². The second kappa shape index (κ2) is 13.4. The molecule has 0 bridgehead atoms. The topological polar surface area (TPSA) is 51.2 Å². The van der Waals surface area contributed by atoms with E-state index in [9.17, 15) is 14.4 Å². The minimum absolute atomic E-state index is 0.0468. The molecule has 0 amide bonds. The smallest absolute Gasteiger partial charge is 0.165 e. The van der Waals surface area contributed by atoms with E-state index in [0.29, 0.717) is 25.0 Å². The summed E-state index contributed by atoms with van der Waals surface area (Å²) in [5, 5.41) is 0. The zero-order chi connectivity index (χ0) is 21.0. The summed E-state index contributed by atoms with van der Waals surface area (Å²) < 4.78 is 0. The second-order valence-electron chi connectivity index (χ2n) is 7.27. The zero-order valence-electron chi connectivity index (χ0n) is 18.4. The molecule has 0 saturated carbocycles. The first-order chi connectivity index (χ1) is 12.7. The quantitative estimate of drug-likeness (QED) is 0.471. The number of aryl methyl sites for hydroxylation is 1. The van der Waals surface area contributed by atoms with E-state index in [1.54, 1.807) is 6.92 Å². The monoisotopic (exact) mass is 374 g/mol. The third kappa shape index (κ3) is 8.64. The molecule has 0 aromatic heterocycles.